The number of carboxylic acid groups (broad SMARTS) is 1. The van der Waals surface area contributed by atoms with Gasteiger partial charge in [0.05, 0.1) is 25.7 Å². The molecule has 2 rings (SSSR count). The minimum Gasteiger partial charge on any atom is -0.481 e. The standard InChI is InChI=1S/C15H20N2O4/c18-14(19)10-13-11-21-9-8-17(13)15(20)16-7-6-12-4-2-1-3-5-12/h1-5,13H,6-11H2,(H,16,20)(H,18,19). The Morgan fingerprint density at radius 3 is 2.81 bits per heavy atom. The molecule has 114 valence electrons. The van der Waals surface area contributed by atoms with Crippen LogP contribution in [-0.4, -0.2) is 54.4 Å². The van der Waals surface area contributed by atoms with Gasteiger partial charge in [-0.05, 0) is 12.0 Å². The molecule has 1 aliphatic rings. The Morgan fingerprint density at radius 1 is 1.33 bits per heavy atom. The Hall–Kier alpha value is -2.08. The molecule has 6 nitrogen and oxygen atoms in total. The van der Waals surface area contributed by atoms with Crippen molar-refractivity contribution in [3.63, 3.8) is 0 Å². The van der Waals surface area contributed by atoms with Gasteiger partial charge in [-0.15, -0.1) is 0 Å². The van der Waals surface area contributed by atoms with E-state index in [1.807, 2.05) is 30.3 Å². The summed E-state index contributed by atoms with van der Waals surface area (Å²) >= 11 is 0. The van der Waals surface area contributed by atoms with Crippen LogP contribution in [0.4, 0.5) is 4.79 Å². The normalized spacial score (nSPS) is 18.3. The summed E-state index contributed by atoms with van der Waals surface area (Å²) in [4.78, 5) is 24.5. The third kappa shape index (κ3) is 4.75. The maximum atomic E-state index is 12.1. The average Bonchev–Trinajstić information content (AvgIpc) is 2.48. The summed E-state index contributed by atoms with van der Waals surface area (Å²) in [5.41, 5.74) is 1.15. The predicted octanol–water partition coefficient (Wildman–Crippen LogP) is 1.11. The number of carbonyl (C=O) groups excluding carboxylic acids is 1. The Bertz CT molecular complexity index is 478. The van der Waals surface area contributed by atoms with Crippen LogP contribution in [0.3, 0.4) is 0 Å². The molecule has 1 aromatic rings. The van der Waals surface area contributed by atoms with Crippen molar-refractivity contribution in [3.8, 4) is 0 Å². The lowest BCUT2D eigenvalue weighted by Gasteiger charge is -2.34. The number of urea groups is 1. The highest BCUT2D eigenvalue weighted by Crippen LogP contribution is 2.11. The zero-order chi connectivity index (χ0) is 15.1. The minimum absolute atomic E-state index is 0.0912. The fourth-order valence-corrected chi connectivity index (χ4v) is 2.35. The molecule has 2 N–H and O–H groups in total. The molecule has 1 aliphatic heterocycles. The first-order valence-corrected chi connectivity index (χ1v) is 7.05. The van der Waals surface area contributed by atoms with Gasteiger partial charge < -0.3 is 20.1 Å². The van der Waals surface area contributed by atoms with Crippen molar-refractivity contribution in [1.82, 2.24) is 10.2 Å². The second-order valence-electron chi connectivity index (χ2n) is 4.99. The second-order valence-corrected chi connectivity index (χ2v) is 4.99. The number of carbonyl (C=O) groups is 2. The maximum Gasteiger partial charge on any atom is 0.317 e. The Balaban J connectivity index is 1.81. The van der Waals surface area contributed by atoms with Crippen molar-refractivity contribution in [1.29, 1.82) is 0 Å². The quantitative estimate of drug-likeness (QED) is 0.852. The lowest BCUT2D eigenvalue weighted by Crippen LogP contribution is -2.53. The van der Waals surface area contributed by atoms with E-state index < -0.39 is 12.0 Å². The van der Waals surface area contributed by atoms with Gasteiger partial charge in [-0.3, -0.25) is 4.79 Å². The molecule has 6 heteroatoms. The van der Waals surface area contributed by atoms with Crippen molar-refractivity contribution in [2.45, 2.75) is 18.9 Å². The van der Waals surface area contributed by atoms with Crippen LogP contribution in [0.1, 0.15) is 12.0 Å². The van der Waals surface area contributed by atoms with E-state index in [0.29, 0.717) is 19.7 Å². The number of ether oxygens (including phenoxy) is 1. The molecule has 1 unspecified atom stereocenters. The summed E-state index contributed by atoms with van der Waals surface area (Å²) in [6.07, 6.45) is 0.659. The molecule has 1 saturated heterocycles. The van der Waals surface area contributed by atoms with Crippen LogP contribution in [0.25, 0.3) is 0 Å². The molecule has 0 saturated carbocycles. The highest BCUT2D eigenvalue weighted by atomic mass is 16.5. The molecule has 1 heterocycles. The van der Waals surface area contributed by atoms with E-state index >= 15 is 0 Å². The summed E-state index contributed by atoms with van der Waals surface area (Å²) in [7, 11) is 0. The monoisotopic (exact) mass is 292 g/mol. The summed E-state index contributed by atoms with van der Waals surface area (Å²) in [6, 6.07) is 9.27. The van der Waals surface area contributed by atoms with Gasteiger partial charge in [0.2, 0.25) is 0 Å². The summed E-state index contributed by atoms with van der Waals surface area (Å²) in [6.45, 7) is 1.68. The number of nitrogens with one attached hydrogen (secondary N) is 1. The van der Waals surface area contributed by atoms with E-state index in [9.17, 15) is 9.59 Å². The van der Waals surface area contributed by atoms with Crippen LogP contribution >= 0.6 is 0 Å². The highest BCUT2D eigenvalue weighted by Gasteiger charge is 2.28. The first kappa shape index (κ1) is 15.3. The zero-order valence-electron chi connectivity index (χ0n) is 11.8. The molecular weight excluding hydrogens is 272 g/mol. The van der Waals surface area contributed by atoms with Gasteiger partial charge in [-0.25, -0.2) is 4.79 Å². The molecular formula is C15H20N2O4. The largest absolute Gasteiger partial charge is 0.481 e. The Kier molecular flexibility index (Phi) is 5.57. The van der Waals surface area contributed by atoms with E-state index in [4.69, 9.17) is 9.84 Å². The van der Waals surface area contributed by atoms with E-state index in [0.717, 1.165) is 12.0 Å². The number of hydrogen-bond donors (Lipinski definition) is 2. The van der Waals surface area contributed by atoms with Crippen molar-refractivity contribution in [2.24, 2.45) is 0 Å². The molecule has 0 spiro atoms. The number of aliphatic carboxylic acids is 1. The lowest BCUT2D eigenvalue weighted by molar-refractivity contribution is -0.139. The molecule has 0 aliphatic carbocycles. The number of amides is 2. The third-order valence-electron chi connectivity index (χ3n) is 3.43. The second kappa shape index (κ2) is 7.64. The van der Waals surface area contributed by atoms with Crippen molar-refractivity contribution in [3.05, 3.63) is 35.9 Å². The van der Waals surface area contributed by atoms with Crippen LogP contribution in [0.15, 0.2) is 30.3 Å². The Morgan fingerprint density at radius 2 is 2.10 bits per heavy atom. The highest BCUT2D eigenvalue weighted by molar-refractivity contribution is 5.76. The lowest BCUT2D eigenvalue weighted by atomic mass is 10.1. The van der Waals surface area contributed by atoms with Crippen LogP contribution < -0.4 is 5.32 Å². The van der Waals surface area contributed by atoms with Gasteiger partial charge in [0.15, 0.2) is 0 Å². The number of hydrogen-bond acceptors (Lipinski definition) is 3. The van der Waals surface area contributed by atoms with E-state index in [2.05, 4.69) is 5.32 Å². The van der Waals surface area contributed by atoms with Gasteiger partial charge in [0.1, 0.15) is 0 Å². The molecule has 21 heavy (non-hydrogen) atoms. The third-order valence-corrected chi connectivity index (χ3v) is 3.43. The molecule has 0 aromatic heterocycles. The molecule has 0 bridgehead atoms. The first-order chi connectivity index (χ1) is 10.2. The first-order valence-electron chi connectivity index (χ1n) is 7.05. The molecule has 0 radical (unpaired) electrons. The fraction of sp³-hybridized carbons (Fsp3) is 0.467. The smallest absolute Gasteiger partial charge is 0.317 e. The number of benzene rings is 1. The summed E-state index contributed by atoms with van der Waals surface area (Å²) < 4.78 is 5.25. The average molecular weight is 292 g/mol. The topological polar surface area (TPSA) is 78.9 Å². The van der Waals surface area contributed by atoms with E-state index in [-0.39, 0.29) is 19.1 Å². The van der Waals surface area contributed by atoms with Crippen molar-refractivity contribution in [2.75, 3.05) is 26.3 Å². The molecule has 1 aromatic carbocycles. The van der Waals surface area contributed by atoms with Gasteiger partial charge in [-0.1, -0.05) is 30.3 Å². The Labute approximate surface area is 123 Å². The van der Waals surface area contributed by atoms with Gasteiger partial charge in [-0.2, -0.15) is 0 Å². The van der Waals surface area contributed by atoms with Crippen molar-refractivity contribution < 1.29 is 19.4 Å². The molecule has 2 amide bonds. The van der Waals surface area contributed by atoms with Crippen LogP contribution in [0, 0.1) is 0 Å². The summed E-state index contributed by atoms with van der Waals surface area (Å²) in [5.74, 6) is -0.924. The van der Waals surface area contributed by atoms with Crippen LogP contribution in [-0.2, 0) is 16.0 Å². The fourth-order valence-electron chi connectivity index (χ4n) is 2.35. The number of nitrogens with zero attached hydrogens (tertiary/aromatic N) is 1. The predicted molar refractivity (Wildman–Crippen MR) is 77.1 cm³/mol. The van der Waals surface area contributed by atoms with Crippen LogP contribution in [0.5, 0.6) is 0 Å². The molecule has 1 fully saturated rings. The SMILES string of the molecule is O=C(O)CC1COCCN1C(=O)NCCc1ccccc1. The van der Waals surface area contributed by atoms with Crippen molar-refractivity contribution >= 4 is 12.0 Å². The van der Waals surface area contributed by atoms with Gasteiger partial charge >= 0.3 is 12.0 Å². The van der Waals surface area contributed by atoms with E-state index in [1.54, 1.807) is 4.90 Å². The zero-order valence-corrected chi connectivity index (χ0v) is 11.8. The number of carboxylic acids is 1. The van der Waals surface area contributed by atoms with Crippen LogP contribution in [0.2, 0.25) is 0 Å². The number of rotatable bonds is 5. The number of morpholine rings is 1. The van der Waals surface area contributed by atoms with Gasteiger partial charge in [0.25, 0.3) is 0 Å². The van der Waals surface area contributed by atoms with E-state index in [1.165, 1.54) is 0 Å². The maximum absolute atomic E-state index is 12.1. The molecule has 1 atom stereocenters. The van der Waals surface area contributed by atoms with Gasteiger partial charge in [0, 0.05) is 13.1 Å². The minimum atomic E-state index is -0.924. The summed E-state index contributed by atoms with van der Waals surface area (Å²) in [5, 5.41) is 11.7.